The van der Waals surface area contributed by atoms with E-state index in [0.717, 1.165) is 12.8 Å². The molecule has 2 atom stereocenters. The highest BCUT2D eigenvalue weighted by molar-refractivity contribution is 6.04. The van der Waals surface area contributed by atoms with Gasteiger partial charge in [-0.25, -0.2) is 0 Å². The van der Waals surface area contributed by atoms with E-state index in [1.165, 1.54) is 0 Å². The van der Waals surface area contributed by atoms with Crippen LogP contribution < -0.4 is 0 Å². The van der Waals surface area contributed by atoms with Crippen molar-refractivity contribution < 1.29 is 9.59 Å². The third kappa shape index (κ3) is 1.96. The first-order valence-electron chi connectivity index (χ1n) is 7.22. The zero-order chi connectivity index (χ0) is 15.1. The minimum Gasteiger partial charge on any atom is -0.342 e. The van der Waals surface area contributed by atoms with E-state index in [1.54, 1.807) is 6.92 Å². The summed E-state index contributed by atoms with van der Waals surface area (Å²) in [6.45, 7) is 8.86. The minimum atomic E-state index is -0.529. The van der Waals surface area contributed by atoms with Crippen molar-refractivity contribution in [2.45, 2.75) is 40.5 Å². The lowest BCUT2D eigenvalue weighted by Gasteiger charge is -2.54. The Labute approximate surface area is 120 Å². The third-order valence-corrected chi connectivity index (χ3v) is 5.22. The number of Topliss-reactive ketones (excluding diaryl/α,β-unsaturated/α-hetero) is 1. The molecule has 1 aliphatic heterocycles. The zero-order valence-corrected chi connectivity index (χ0v) is 12.7. The maximum atomic E-state index is 12.4. The Morgan fingerprint density at radius 3 is 2.70 bits per heavy atom. The van der Waals surface area contributed by atoms with E-state index < -0.39 is 5.41 Å². The molecule has 4 nitrogen and oxygen atoms in total. The summed E-state index contributed by atoms with van der Waals surface area (Å²) >= 11 is 0. The lowest BCUT2D eigenvalue weighted by atomic mass is 9.53. The van der Waals surface area contributed by atoms with Gasteiger partial charge in [-0.2, -0.15) is 5.26 Å². The topological polar surface area (TPSA) is 61.2 Å². The summed E-state index contributed by atoms with van der Waals surface area (Å²) in [6, 6.07) is 2.05. The number of rotatable bonds is 1. The number of carbonyl (C=O) groups is 2. The summed E-state index contributed by atoms with van der Waals surface area (Å²) in [6.07, 6.45) is 3.51. The number of nitrogens with zero attached hydrogens (tertiary/aromatic N) is 2. The monoisotopic (exact) mass is 274 g/mol. The summed E-state index contributed by atoms with van der Waals surface area (Å²) in [5.41, 5.74) is -0.510. The van der Waals surface area contributed by atoms with Crippen LogP contribution in [0.15, 0.2) is 11.6 Å². The van der Waals surface area contributed by atoms with Crippen molar-refractivity contribution in [3.63, 3.8) is 0 Å². The number of allylic oxidation sites excluding steroid dienone is 1. The molecule has 0 aromatic heterocycles. The molecule has 1 saturated heterocycles. The molecule has 2 rings (SSSR count). The van der Waals surface area contributed by atoms with Crippen molar-refractivity contribution >= 4 is 11.7 Å². The van der Waals surface area contributed by atoms with Gasteiger partial charge in [0, 0.05) is 30.8 Å². The lowest BCUT2D eigenvalue weighted by molar-refractivity contribution is -0.140. The molecule has 0 radical (unpaired) electrons. The number of ketones is 1. The smallest absolute Gasteiger partial charge is 0.219 e. The van der Waals surface area contributed by atoms with E-state index in [1.807, 2.05) is 24.8 Å². The molecule has 0 bridgehead atoms. The lowest BCUT2D eigenvalue weighted by Crippen LogP contribution is -2.57. The first kappa shape index (κ1) is 14.8. The van der Waals surface area contributed by atoms with E-state index in [-0.39, 0.29) is 28.6 Å². The fourth-order valence-electron chi connectivity index (χ4n) is 4.01. The van der Waals surface area contributed by atoms with Crippen LogP contribution in [0.5, 0.6) is 0 Å². The van der Waals surface area contributed by atoms with Gasteiger partial charge in [0.2, 0.25) is 5.91 Å². The number of likely N-dealkylation sites (tertiary alicyclic amines) is 1. The Bertz CT molecular complexity index is 527. The average Bonchev–Trinajstić information content (AvgIpc) is 2.42. The van der Waals surface area contributed by atoms with Crippen LogP contribution in [0.25, 0.3) is 0 Å². The highest BCUT2D eigenvalue weighted by Crippen LogP contribution is 2.53. The summed E-state index contributed by atoms with van der Waals surface area (Å²) in [4.78, 5) is 26.0. The number of piperidine rings is 1. The second kappa shape index (κ2) is 4.73. The molecule has 0 aromatic rings. The van der Waals surface area contributed by atoms with Gasteiger partial charge in [-0.05, 0) is 18.8 Å². The van der Waals surface area contributed by atoms with E-state index in [2.05, 4.69) is 13.0 Å². The van der Waals surface area contributed by atoms with E-state index in [4.69, 9.17) is 0 Å². The van der Waals surface area contributed by atoms with Crippen molar-refractivity contribution in [3.8, 4) is 6.07 Å². The molecule has 0 unspecified atom stereocenters. The normalized spacial score (nSPS) is 32.1. The molecule has 4 heteroatoms. The van der Waals surface area contributed by atoms with Gasteiger partial charge in [-0.1, -0.05) is 26.8 Å². The first-order chi connectivity index (χ1) is 9.28. The van der Waals surface area contributed by atoms with Crippen LogP contribution in [0.3, 0.4) is 0 Å². The second-order valence-electron chi connectivity index (χ2n) is 6.59. The number of nitriles is 1. The predicted molar refractivity (Wildman–Crippen MR) is 75.6 cm³/mol. The van der Waals surface area contributed by atoms with Gasteiger partial charge >= 0.3 is 0 Å². The second-order valence-corrected chi connectivity index (χ2v) is 6.59. The minimum absolute atomic E-state index is 0.0506. The number of fused-ring (bicyclic) bond motifs is 1. The Morgan fingerprint density at radius 1 is 1.55 bits per heavy atom. The summed E-state index contributed by atoms with van der Waals surface area (Å²) in [5.74, 6) is 0.212. The molecule has 1 aliphatic carbocycles. The van der Waals surface area contributed by atoms with E-state index in [9.17, 15) is 14.9 Å². The Kier molecular flexibility index (Phi) is 3.49. The summed E-state index contributed by atoms with van der Waals surface area (Å²) in [5, 5.41) is 9.25. The van der Waals surface area contributed by atoms with Gasteiger partial charge in [0.15, 0.2) is 5.78 Å². The Hall–Kier alpha value is -1.63. The molecule has 1 fully saturated rings. The molecule has 0 N–H and O–H groups in total. The summed E-state index contributed by atoms with van der Waals surface area (Å²) < 4.78 is 0. The van der Waals surface area contributed by atoms with Crippen molar-refractivity contribution in [2.24, 2.45) is 16.7 Å². The highest BCUT2D eigenvalue weighted by atomic mass is 16.2. The quantitative estimate of drug-likeness (QED) is 0.737. The van der Waals surface area contributed by atoms with Gasteiger partial charge < -0.3 is 4.90 Å². The Morgan fingerprint density at radius 2 is 2.20 bits per heavy atom. The van der Waals surface area contributed by atoms with Gasteiger partial charge in [0.25, 0.3) is 0 Å². The number of carbonyl (C=O) groups excluding carboxylic acids is 2. The van der Waals surface area contributed by atoms with E-state index >= 15 is 0 Å². The average molecular weight is 274 g/mol. The zero-order valence-electron chi connectivity index (χ0n) is 12.7. The number of hydrogen-bond acceptors (Lipinski definition) is 3. The van der Waals surface area contributed by atoms with Gasteiger partial charge in [0.05, 0.1) is 5.57 Å². The first-order valence-corrected chi connectivity index (χ1v) is 7.22. The molecule has 1 heterocycles. The summed E-state index contributed by atoms with van der Waals surface area (Å²) in [7, 11) is 0. The molecule has 2 aliphatic rings. The van der Waals surface area contributed by atoms with Crippen molar-refractivity contribution in [1.82, 2.24) is 4.90 Å². The van der Waals surface area contributed by atoms with Crippen LogP contribution in [0.2, 0.25) is 0 Å². The maximum Gasteiger partial charge on any atom is 0.219 e. The fraction of sp³-hybridized carbons (Fsp3) is 0.688. The van der Waals surface area contributed by atoms with E-state index in [0.29, 0.717) is 13.1 Å². The van der Waals surface area contributed by atoms with Crippen LogP contribution in [0.4, 0.5) is 0 Å². The van der Waals surface area contributed by atoms with Gasteiger partial charge in [-0.3, -0.25) is 9.59 Å². The SMILES string of the molecule is CC[C@]12C=C(C#N)C(=O)C(C)(C)[C@@H]1CCN(C(C)=O)C2. The molecule has 20 heavy (non-hydrogen) atoms. The van der Waals surface area contributed by atoms with Gasteiger partial charge in [-0.15, -0.1) is 0 Å². The molecule has 0 aromatic carbocycles. The molecule has 0 spiro atoms. The molecule has 108 valence electrons. The predicted octanol–water partition coefficient (Wildman–Crippen LogP) is 2.31. The van der Waals surface area contributed by atoms with Gasteiger partial charge in [0.1, 0.15) is 6.07 Å². The van der Waals surface area contributed by atoms with Crippen LogP contribution >= 0.6 is 0 Å². The molecule has 0 saturated carbocycles. The highest BCUT2D eigenvalue weighted by Gasteiger charge is 2.54. The van der Waals surface area contributed by atoms with Crippen LogP contribution in [0.1, 0.15) is 40.5 Å². The Balaban J connectivity index is 2.53. The standard InChI is InChI=1S/C16H22N2O2/c1-5-16-8-12(9-17)14(20)15(3,4)13(16)6-7-18(10-16)11(2)19/h8,13H,5-7,10H2,1-4H3/t13-,16+/m0/s1. The molecular weight excluding hydrogens is 252 g/mol. The number of amides is 1. The molecular formula is C16H22N2O2. The van der Waals surface area contributed by atoms with Crippen LogP contribution in [-0.4, -0.2) is 29.7 Å². The third-order valence-electron chi connectivity index (χ3n) is 5.22. The van der Waals surface area contributed by atoms with Crippen LogP contribution in [0, 0.1) is 28.1 Å². The fourth-order valence-corrected chi connectivity index (χ4v) is 4.01. The van der Waals surface area contributed by atoms with Crippen molar-refractivity contribution in [3.05, 3.63) is 11.6 Å². The number of hydrogen-bond donors (Lipinski definition) is 0. The van der Waals surface area contributed by atoms with Crippen molar-refractivity contribution in [2.75, 3.05) is 13.1 Å². The van der Waals surface area contributed by atoms with Crippen molar-refractivity contribution in [1.29, 1.82) is 5.26 Å². The molecule has 1 amide bonds. The van der Waals surface area contributed by atoms with Crippen LogP contribution in [-0.2, 0) is 9.59 Å². The largest absolute Gasteiger partial charge is 0.342 e. The maximum absolute atomic E-state index is 12.4.